The lowest BCUT2D eigenvalue weighted by molar-refractivity contribution is 0.198. The van der Waals surface area contributed by atoms with E-state index < -0.39 is 0 Å². The number of carbonyl (C=O) groups excluding carboxylic acids is 1. The van der Waals surface area contributed by atoms with Gasteiger partial charge >= 0.3 is 6.03 Å². The Morgan fingerprint density at radius 2 is 2.18 bits per heavy atom. The molecule has 22 heavy (non-hydrogen) atoms. The van der Waals surface area contributed by atoms with Crippen molar-refractivity contribution in [1.82, 2.24) is 10.3 Å². The molecule has 0 saturated carbocycles. The molecule has 0 aliphatic carbocycles. The molecule has 6 nitrogen and oxygen atoms in total. The largest absolute Gasteiger partial charge is 0.496 e. The molecule has 0 saturated heterocycles. The number of hydrogen-bond acceptors (Lipinski definition) is 5. The normalized spacial score (nSPS) is 10.3. The van der Waals surface area contributed by atoms with Crippen LogP contribution >= 0.6 is 11.3 Å². The molecular weight excluding hydrogens is 302 g/mol. The fraction of sp³-hybridized carbons (Fsp3) is 0.333. The molecule has 0 aliphatic rings. The molecule has 0 spiro atoms. The lowest BCUT2D eigenvalue weighted by Crippen LogP contribution is -2.31. The van der Waals surface area contributed by atoms with Gasteiger partial charge in [0.15, 0.2) is 5.13 Å². The van der Waals surface area contributed by atoms with Crippen LogP contribution in [0.4, 0.5) is 9.93 Å². The fourth-order valence-corrected chi connectivity index (χ4v) is 2.62. The molecule has 0 fully saturated rings. The van der Waals surface area contributed by atoms with Crippen LogP contribution in [0.5, 0.6) is 5.75 Å². The molecule has 1 aromatic carbocycles. The van der Waals surface area contributed by atoms with Crippen molar-refractivity contribution in [2.45, 2.75) is 6.92 Å². The van der Waals surface area contributed by atoms with Crippen molar-refractivity contribution in [3.8, 4) is 17.0 Å². The zero-order chi connectivity index (χ0) is 15.9. The Morgan fingerprint density at radius 1 is 1.36 bits per heavy atom. The standard InChI is InChI=1S/C15H19N3O3S/c1-10-8-11(4-5-13(10)21-3)12-9-22-15(17-12)18-14(19)16-6-7-20-2/h4-5,8-9H,6-7H2,1-3H3,(H2,16,17,18,19). The van der Waals surface area contributed by atoms with Crippen molar-refractivity contribution < 1.29 is 14.3 Å². The molecule has 2 amide bonds. The van der Waals surface area contributed by atoms with E-state index in [2.05, 4.69) is 15.6 Å². The van der Waals surface area contributed by atoms with E-state index in [9.17, 15) is 4.79 Å². The Kier molecular flexibility index (Phi) is 5.74. The van der Waals surface area contributed by atoms with Crippen LogP contribution in [0.15, 0.2) is 23.6 Å². The Hall–Kier alpha value is -2.12. The molecule has 7 heteroatoms. The first-order valence-corrected chi connectivity index (χ1v) is 7.66. The van der Waals surface area contributed by atoms with Gasteiger partial charge in [0.2, 0.25) is 0 Å². The number of nitrogens with one attached hydrogen (secondary N) is 2. The number of nitrogens with zero attached hydrogens (tertiary/aromatic N) is 1. The number of thiazole rings is 1. The molecule has 0 bridgehead atoms. The van der Waals surface area contributed by atoms with Crippen LogP contribution in [-0.4, -0.2) is 38.4 Å². The van der Waals surface area contributed by atoms with Crippen molar-refractivity contribution in [2.24, 2.45) is 0 Å². The minimum absolute atomic E-state index is 0.288. The predicted molar refractivity (Wildman–Crippen MR) is 87.7 cm³/mol. The van der Waals surface area contributed by atoms with Crippen molar-refractivity contribution >= 4 is 22.5 Å². The minimum atomic E-state index is -0.288. The van der Waals surface area contributed by atoms with Crippen LogP contribution in [0.1, 0.15) is 5.56 Å². The van der Waals surface area contributed by atoms with Crippen LogP contribution in [0, 0.1) is 6.92 Å². The fourth-order valence-electron chi connectivity index (χ4n) is 1.91. The monoisotopic (exact) mass is 321 g/mol. The first kappa shape index (κ1) is 16.3. The average molecular weight is 321 g/mol. The first-order chi connectivity index (χ1) is 10.6. The van der Waals surface area contributed by atoms with Crippen LogP contribution < -0.4 is 15.4 Å². The maximum atomic E-state index is 11.6. The molecule has 1 aromatic heterocycles. The Labute approximate surface area is 133 Å². The third-order valence-electron chi connectivity index (χ3n) is 3.01. The highest BCUT2D eigenvalue weighted by Crippen LogP contribution is 2.28. The number of methoxy groups -OCH3 is 2. The van der Waals surface area contributed by atoms with Gasteiger partial charge in [-0.25, -0.2) is 9.78 Å². The van der Waals surface area contributed by atoms with Gasteiger partial charge in [-0.15, -0.1) is 11.3 Å². The van der Waals surface area contributed by atoms with Gasteiger partial charge in [0.05, 0.1) is 19.4 Å². The number of amides is 2. The van der Waals surface area contributed by atoms with E-state index in [0.29, 0.717) is 18.3 Å². The number of anilines is 1. The summed E-state index contributed by atoms with van der Waals surface area (Å²) >= 11 is 1.38. The smallest absolute Gasteiger partial charge is 0.321 e. The van der Waals surface area contributed by atoms with Gasteiger partial charge in [-0.3, -0.25) is 5.32 Å². The summed E-state index contributed by atoms with van der Waals surface area (Å²) in [6.07, 6.45) is 0. The lowest BCUT2D eigenvalue weighted by Gasteiger charge is -2.06. The summed E-state index contributed by atoms with van der Waals surface area (Å²) in [6, 6.07) is 5.58. The van der Waals surface area contributed by atoms with Crippen LogP contribution in [0.3, 0.4) is 0 Å². The molecule has 2 N–H and O–H groups in total. The maximum absolute atomic E-state index is 11.6. The van der Waals surface area contributed by atoms with Gasteiger partial charge in [0.25, 0.3) is 0 Å². The highest BCUT2D eigenvalue weighted by Gasteiger charge is 2.09. The molecule has 0 aliphatic heterocycles. The van der Waals surface area contributed by atoms with Crippen molar-refractivity contribution in [3.63, 3.8) is 0 Å². The topological polar surface area (TPSA) is 72.5 Å². The molecule has 2 aromatic rings. The summed E-state index contributed by atoms with van der Waals surface area (Å²) in [6.45, 7) is 2.91. The summed E-state index contributed by atoms with van der Waals surface area (Å²) in [5.41, 5.74) is 2.85. The second kappa shape index (κ2) is 7.77. The van der Waals surface area contributed by atoms with Crippen LogP contribution in [0.2, 0.25) is 0 Å². The Bertz CT molecular complexity index is 643. The average Bonchev–Trinajstić information content (AvgIpc) is 2.96. The number of benzene rings is 1. The minimum Gasteiger partial charge on any atom is -0.496 e. The molecule has 2 rings (SSSR count). The van der Waals surface area contributed by atoms with Crippen LogP contribution in [-0.2, 0) is 4.74 Å². The van der Waals surface area contributed by atoms with E-state index in [1.807, 2.05) is 30.5 Å². The van der Waals surface area contributed by atoms with E-state index >= 15 is 0 Å². The van der Waals surface area contributed by atoms with E-state index in [1.54, 1.807) is 14.2 Å². The van der Waals surface area contributed by atoms with Crippen molar-refractivity contribution in [1.29, 1.82) is 0 Å². The van der Waals surface area contributed by atoms with Gasteiger partial charge in [-0.2, -0.15) is 0 Å². The molecule has 1 heterocycles. The zero-order valence-electron chi connectivity index (χ0n) is 12.8. The predicted octanol–water partition coefficient (Wildman–Crippen LogP) is 2.90. The van der Waals surface area contributed by atoms with Gasteiger partial charge < -0.3 is 14.8 Å². The second-order valence-electron chi connectivity index (χ2n) is 4.60. The third kappa shape index (κ3) is 4.19. The summed E-state index contributed by atoms with van der Waals surface area (Å²) in [5, 5.41) is 7.85. The van der Waals surface area contributed by atoms with E-state index in [-0.39, 0.29) is 6.03 Å². The quantitative estimate of drug-likeness (QED) is 0.803. The number of carbonyl (C=O) groups is 1. The van der Waals surface area contributed by atoms with Crippen molar-refractivity contribution in [3.05, 3.63) is 29.1 Å². The van der Waals surface area contributed by atoms with Crippen molar-refractivity contribution in [2.75, 3.05) is 32.7 Å². The first-order valence-electron chi connectivity index (χ1n) is 6.78. The third-order valence-corrected chi connectivity index (χ3v) is 3.76. The van der Waals surface area contributed by atoms with Gasteiger partial charge in [0, 0.05) is 24.6 Å². The Morgan fingerprint density at radius 3 is 2.86 bits per heavy atom. The summed E-state index contributed by atoms with van der Waals surface area (Å²) in [4.78, 5) is 16.1. The molecule has 0 radical (unpaired) electrons. The summed E-state index contributed by atoms with van der Waals surface area (Å²) in [5.74, 6) is 0.842. The number of ether oxygens (including phenoxy) is 2. The van der Waals surface area contributed by atoms with Gasteiger partial charge in [-0.1, -0.05) is 0 Å². The number of rotatable bonds is 6. The number of aryl methyl sites for hydroxylation is 1. The number of hydrogen-bond donors (Lipinski definition) is 2. The second-order valence-corrected chi connectivity index (χ2v) is 5.45. The van der Waals surface area contributed by atoms with Crippen LogP contribution in [0.25, 0.3) is 11.3 Å². The number of aromatic nitrogens is 1. The highest BCUT2D eigenvalue weighted by atomic mass is 32.1. The maximum Gasteiger partial charge on any atom is 0.321 e. The summed E-state index contributed by atoms with van der Waals surface area (Å²) in [7, 11) is 3.23. The molecule has 0 unspecified atom stereocenters. The molecular formula is C15H19N3O3S. The molecule has 118 valence electrons. The SMILES string of the molecule is COCCNC(=O)Nc1nc(-c2ccc(OC)c(C)c2)cs1. The Balaban J connectivity index is 2.02. The zero-order valence-corrected chi connectivity index (χ0v) is 13.6. The van der Waals surface area contributed by atoms with E-state index in [4.69, 9.17) is 9.47 Å². The van der Waals surface area contributed by atoms with Gasteiger partial charge in [-0.05, 0) is 30.7 Å². The molecule has 0 atom stereocenters. The highest BCUT2D eigenvalue weighted by molar-refractivity contribution is 7.14. The van der Waals surface area contributed by atoms with E-state index in [0.717, 1.165) is 22.6 Å². The summed E-state index contributed by atoms with van der Waals surface area (Å²) < 4.78 is 10.1. The van der Waals surface area contributed by atoms with Gasteiger partial charge in [0.1, 0.15) is 5.75 Å². The lowest BCUT2D eigenvalue weighted by atomic mass is 10.1. The van der Waals surface area contributed by atoms with E-state index in [1.165, 1.54) is 11.3 Å². The number of urea groups is 1.